The average molecular weight is 391 g/mol. The minimum atomic E-state index is -0.435. The third kappa shape index (κ3) is 3.00. The third-order valence-corrected chi connectivity index (χ3v) is 4.86. The van der Waals surface area contributed by atoms with E-state index in [2.05, 4.69) is 25.5 Å². The van der Waals surface area contributed by atoms with E-state index in [-0.39, 0.29) is 5.76 Å². The number of rotatable bonds is 3. The van der Waals surface area contributed by atoms with Crippen molar-refractivity contribution in [2.24, 2.45) is 0 Å². The van der Waals surface area contributed by atoms with Gasteiger partial charge in [-0.05, 0) is 19.1 Å². The number of halogens is 1. The lowest BCUT2D eigenvalue weighted by molar-refractivity contribution is -0.138. The van der Waals surface area contributed by atoms with Crippen molar-refractivity contribution < 1.29 is 14.6 Å². The fourth-order valence-corrected chi connectivity index (χ4v) is 3.62. The molecule has 1 aromatic rings. The molecule has 1 N–H and O–H groups in total. The van der Waals surface area contributed by atoms with E-state index in [4.69, 9.17) is 4.74 Å². The summed E-state index contributed by atoms with van der Waals surface area (Å²) < 4.78 is 7.06. The Hall–Kier alpha value is -0.890. The van der Waals surface area contributed by atoms with E-state index in [0.717, 1.165) is 5.69 Å². The van der Waals surface area contributed by atoms with E-state index in [1.165, 1.54) is 0 Å². The zero-order valence-corrected chi connectivity index (χ0v) is 13.4. The number of carbonyl (C=O) groups is 1. The van der Waals surface area contributed by atoms with Gasteiger partial charge in [0.1, 0.15) is 5.76 Å². The number of aliphatic hydroxyl groups is 1. The molecule has 2 rings (SSSR count). The van der Waals surface area contributed by atoms with Crippen molar-refractivity contribution in [3.8, 4) is 0 Å². The molecule has 0 bridgehead atoms. The highest BCUT2D eigenvalue weighted by molar-refractivity contribution is 14.2. The van der Waals surface area contributed by atoms with Crippen LogP contribution >= 0.6 is 30.3 Å². The molecule has 102 valence electrons. The summed E-state index contributed by atoms with van der Waals surface area (Å²) in [5.74, 6) is -0.405. The van der Waals surface area contributed by atoms with Gasteiger partial charge < -0.3 is 14.1 Å². The maximum Gasteiger partial charge on any atom is 0.337 e. The van der Waals surface area contributed by atoms with Gasteiger partial charge in [-0.25, -0.2) is 4.79 Å². The lowest BCUT2D eigenvalue weighted by Crippen LogP contribution is -2.16. The summed E-state index contributed by atoms with van der Waals surface area (Å²) in [7, 11) is 1.54. The molecule has 0 fully saturated rings. The first-order valence-corrected chi connectivity index (χ1v) is 9.25. The van der Waals surface area contributed by atoms with E-state index in [9.17, 15) is 9.90 Å². The van der Waals surface area contributed by atoms with Gasteiger partial charge in [-0.15, -0.1) is 0 Å². The molecule has 1 aromatic carbocycles. The van der Waals surface area contributed by atoms with Crippen LogP contribution in [0.1, 0.15) is 18.9 Å². The molecule has 0 aliphatic carbocycles. The molecule has 0 saturated carbocycles. The molecule has 0 saturated heterocycles. The highest BCUT2D eigenvalue weighted by Gasteiger charge is 2.25. The summed E-state index contributed by atoms with van der Waals surface area (Å²) in [5.41, 5.74) is 1.94. The molecule has 1 aliphatic heterocycles. The Morgan fingerprint density at radius 3 is 2.95 bits per heavy atom. The lowest BCUT2D eigenvalue weighted by atomic mass is 10.1. The maximum absolute atomic E-state index is 11.9. The Morgan fingerprint density at radius 2 is 2.26 bits per heavy atom. The van der Waals surface area contributed by atoms with Crippen molar-refractivity contribution in [1.82, 2.24) is 0 Å². The topological polar surface area (TPSA) is 49.8 Å². The molecular formula is C13H14INO3S. The Bertz CT molecular complexity index is 518. The summed E-state index contributed by atoms with van der Waals surface area (Å²) >= 11 is 2.20. The molecule has 0 atom stereocenters. The highest BCUT2D eigenvalue weighted by atomic mass is 127. The van der Waals surface area contributed by atoms with Crippen LogP contribution in [-0.2, 0) is 9.53 Å². The van der Waals surface area contributed by atoms with E-state index in [0.29, 0.717) is 30.7 Å². The molecule has 19 heavy (non-hydrogen) atoms. The number of aliphatic hydroxyl groups excluding tert-OH is 1. The minimum absolute atomic E-state index is 0.0296. The average Bonchev–Trinajstić information content (AvgIpc) is 2.57. The number of fused-ring (bicyclic) bond motifs is 1. The number of carbonyl (C=O) groups excluding carboxylic acids is 1. The summed E-state index contributed by atoms with van der Waals surface area (Å²) in [4.78, 5) is 11.9. The Kier molecular flexibility index (Phi) is 4.98. The van der Waals surface area contributed by atoms with Gasteiger partial charge in [0.2, 0.25) is 0 Å². The van der Waals surface area contributed by atoms with E-state index in [1.807, 2.05) is 24.3 Å². The molecule has 0 amide bonds. The molecule has 0 unspecified atom stereocenters. The molecule has 1 heterocycles. The van der Waals surface area contributed by atoms with Gasteiger partial charge in [0, 0.05) is 48.9 Å². The van der Waals surface area contributed by atoms with Gasteiger partial charge in [0.05, 0.1) is 17.9 Å². The second-order valence-electron chi connectivity index (χ2n) is 3.99. The van der Waals surface area contributed by atoms with Crippen molar-refractivity contribution >= 4 is 47.7 Å². The van der Waals surface area contributed by atoms with Crippen LogP contribution in [0.2, 0.25) is 0 Å². The molecule has 6 heteroatoms. The van der Waals surface area contributed by atoms with E-state index >= 15 is 0 Å². The van der Waals surface area contributed by atoms with Crippen LogP contribution in [0.4, 0.5) is 5.69 Å². The fourth-order valence-electron chi connectivity index (χ4n) is 1.99. The number of hydrogen-bond donors (Lipinski definition) is 1. The van der Waals surface area contributed by atoms with Gasteiger partial charge in [-0.1, -0.05) is 12.1 Å². The standard InChI is InChI=1S/C13H14INO3S/c1-2-18-13(17)10-7-8-15(19-14)11-6-4-3-5-9(11)12(10)16/h3-6,16H,2,7-8H2,1H3. The van der Waals surface area contributed by atoms with Crippen molar-refractivity contribution in [3.05, 3.63) is 35.4 Å². The van der Waals surface area contributed by atoms with Crippen LogP contribution in [0.25, 0.3) is 5.76 Å². The molecule has 0 aromatic heterocycles. The van der Waals surface area contributed by atoms with Gasteiger partial charge in [-0.2, -0.15) is 0 Å². The van der Waals surface area contributed by atoms with Crippen molar-refractivity contribution in [2.45, 2.75) is 13.3 Å². The molecule has 0 radical (unpaired) electrons. The predicted octanol–water partition coefficient (Wildman–Crippen LogP) is 3.73. The zero-order chi connectivity index (χ0) is 13.8. The summed E-state index contributed by atoms with van der Waals surface area (Å²) in [5, 5.41) is 10.4. The zero-order valence-electron chi connectivity index (χ0n) is 10.4. The molecular weight excluding hydrogens is 377 g/mol. The molecule has 1 aliphatic rings. The molecule has 0 spiro atoms. The lowest BCUT2D eigenvalue weighted by Gasteiger charge is -2.19. The Labute approximate surface area is 128 Å². The Morgan fingerprint density at radius 1 is 1.53 bits per heavy atom. The predicted molar refractivity (Wildman–Crippen MR) is 86.2 cm³/mol. The number of para-hydroxylation sites is 1. The first kappa shape index (κ1) is 14.5. The first-order chi connectivity index (χ1) is 9.19. The summed E-state index contributed by atoms with van der Waals surface area (Å²) in [6.45, 7) is 2.72. The third-order valence-electron chi connectivity index (χ3n) is 2.88. The first-order valence-electron chi connectivity index (χ1n) is 5.94. The smallest absolute Gasteiger partial charge is 0.337 e. The SMILES string of the molecule is CCOC(=O)C1=C(O)c2ccccc2N(SI)CC1. The normalized spacial score (nSPS) is 14.9. The van der Waals surface area contributed by atoms with Crippen molar-refractivity contribution in [2.75, 3.05) is 17.5 Å². The Balaban J connectivity index is 2.47. The number of esters is 1. The largest absolute Gasteiger partial charge is 0.507 e. The summed E-state index contributed by atoms with van der Waals surface area (Å²) in [6.07, 6.45) is 0.468. The van der Waals surface area contributed by atoms with Crippen LogP contribution < -0.4 is 4.31 Å². The van der Waals surface area contributed by atoms with E-state index < -0.39 is 5.97 Å². The highest BCUT2D eigenvalue weighted by Crippen LogP contribution is 2.37. The van der Waals surface area contributed by atoms with Gasteiger partial charge in [-0.3, -0.25) is 0 Å². The van der Waals surface area contributed by atoms with Gasteiger partial charge in [0.15, 0.2) is 0 Å². The van der Waals surface area contributed by atoms with Crippen LogP contribution in [0.3, 0.4) is 0 Å². The summed E-state index contributed by atoms with van der Waals surface area (Å²) in [6, 6.07) is 7.51. The number of benzene rings is 1. The molecule has 4 nitrogen and oxygen atoms in total. The van der Waals surface area contributed by atoms with Crippen LogP contribution in [0, 0.1) is 0 Å². The second-order valence-corrected chi connectivity index (χ2v) is 5.75. The van der Waals surface area contributed by atoms with E-state index in [1.54, 1.807) is 16.0 Å². The van der Waals surface area contributed by atoms with Crippen molar-refractivity contribution in [3.63, 3.8) is 0 Å². The van der Waals surface area contributed by atoms with Crippen molar-refractivity contribution in [1.29, 1.82) is 0 Å². The number of hydrogen-bond acceptors (Lipinski definition) is 5. The van der Waals surface area contributed by atoms with Gasteiger partial charge >= 0.3 is 5.97 Å². The van der Waals surface area contributed by atoms with Crippen LogP contribution in [0.5, 0.6) is 0 Å². The van der Waals surface area contributed by atoms with Crippen LogP contribution in [-0.4, -0.2) is 24.2 Å². The maximum atomic E-state index is 11.9. The quantitative estimate of drug-likeness (QED) is 0.484. The fraction of sp³-hybridized carbons (Fsp3) is 0.308. The monoisotopic (exact) mass is 391 g/mol. The van der Waals surface area contributed by atoms with Gasteiger partial charge in [0.25, 0.3) is 0 Å². The van der Waals surface area contributed by atoms with Crippen LogP contribution in [0.15, 0.2) is 29.8 Å². The minimum Gasteiger partial charge on any atom is -0.507 e. The number of anilines is 1. The number of ether oxygens (including phenoxy) is 1. The second kappa shape index (κ2) is 6.51. The number of nitrogens with zero attached hydrogens (tertiary/aromatic N) is 1.